The van der Waals surface area contributed by atoms with Crippen molar-refractivity contribution >= 4 is 35.2 Å². The molecule has 1 spiro atoms. The van der Waals surface area contributed by atoms with E-state index in [1.165, 1.54) is 0 Å². The zero-order valence-corrected chi connectivity index (χ0v) is 24.1. The van der Waals surface area contributed by atoms with Gasteiger partial charge < -0.3 is 19.6 Å². The molecule has 3 aliphatic rings. The van der Waals surface area contributed by atoms with Gasteiger partial charge in [-0.2, -0.15) is 0 Å². The van der Waals surface area contributed by atoms with Crippen molar-refractivity contribution in [3.63, 3.8) is 0 Å². The van der Waals surface area contributed by atoms with Gasteiger partial charge in [-0.15, -0.1) is 24.9 Å². The molecule has 5 atom stereocenters. The summed E-state index contributed by atoms with van der Waals surface area (Å²) < 4.78 is 4.94. The highest BCUT2D eigenvalue weighted by molar-refractivity contribution is 8.02. The molecule has 1 aromatic rings. The van der Waals surface area contributed by atoms with E-state index in [1.807, 2.05) is 32.0 Å². The number of unbranched alkanes of at least 4 members (excludes halogenated alkanes) is 3. The Labute approximate surface area is 236 Å². The number of hydrogen-bond acceptors (Lipinski definition) is 6. The first-order valence-electron chi connectivity index (χ1n) is 14.2. The van der Waals surface area contributed by atoms with E-state index in [2.05, 4.69) is 13.2 Å². The SMILES string of the molecule is C=CCCOC(=O)[C@@H]1[C@H]2C(=O)N(CCCCCCO)C(C(=O)N(CC=C)c3c(C)cccc3C)C23CC[C@H]1S3. The normalized spacial score (nSPS) is 26.9. The first kappa shape index (κ1) is 29.4. The third kappa shape index (κ3) is 5.42. The number of likely N-dealkylation sites (tertiary alicyclic amines) is 1. The van der Waals surface area contributed by atoms with E-state index in [4.69, 9.17) is 9.84 Å². The molecule has 0 aromatic heterocycles. The number of hydrogen-bond donors (Lipinski definition) is 1. The maximum atomic E-state index is 14.7. The van der Waals surface area contributed by atoms with E-state index in [0.29, 0.717) is 19.5 Å². The van der Waals surface area contributed by atoms with Gasteiger partial charge in [-0.1, -0.05) is 43.2 Å². The number of benzene rings is 1. The van der Waals surface area contributed by atoms with Gasteiger partial charge in [-0.05, 0) is 57.1 Å². The molecule has 2 amide bonds. The van der Waals surface area contributed by atoms with Gasteiger partial charge in [0.15, 0.2) is 0 Å². The van der Waals surface area contributed by atoms with Gasteiger partial charge in [0.25, 0.3) is 5.91 Å². The fraction of sp³-hybridized carbons (Fsp3) is 0.581. The molecule has 2 unspecified atom stereocenters. The van der Waals surface area contributed by atoms with Crippen molar-refractivity contribution in [2.75, 3.05) is 31.2 Å². The van der Waals surface area contributed by atoms with Crippen molar-refractivity contribution < 1.29 is 24.2 Å². The number of fused-ring (bicyclic) bond motifs is 1. The van der Waals surface area contributed by atoms with Crippen LogP contribution in [0.2, 0.25) is 0 Å². The number of para-hydroxylation sites is 1. The number of anilines is 1. The van der Waals surface area contributed by atoms with Crippen molar-refractivity contribution in [3.8, 4) is 0 Å². The molecule has 3 heterocycles. The van der Waals surface area contributed by atoms with Crippen LogP contribution in [-0.4, -0.2) is 70.1 Å². The lowest BCUT2D eigenvalue weighted by Gasteiger charge is -2.38. The number of rotatable bonds is 14. The first-order chi connectivity index (χ1) is 18.8. The Morgan fingerprint density at radius 2 is 1.90 bits per heavy atom. The van der Waals surface area contributed by atoms with Gasteiger partial charge in [-0.3, -0.25) is 14.4 Å². The maximum absolute atomic E-state index is 14.7. The van der Waals surface area contributed by atoms with E-state index < -0.39 is 22.6 Å². The summed E-state index contributed by atoms with van der Waals surface area (Å²) in [5.41, 5.74) is 2.84. The van der Waals surface area contributed by atoms with Crippen LogP contribution < -0.4 is 4.90 Å². The number of aliphatic hydroxyl groups excluding tert-OH is 1. The molecule has 212 valence electrons. The zero-order chi connectivity index (χ0) is 28.2. The van der Waals surface area contributed by atoms with Crippen LogP contribution in [0.3, 0.4) is 0 Å². The molecule has 7 nitrogen and oxygen atoms in total. The number of amides is 2. The number of carbonyl (C=O) groups is 3. The third-order valence-electron chi connectivity index (χ3n) is 8.47. The van der Waals surface area contributed by atoms with Crippen molar-refractivity contribution in [2.45, 2.75) is 74.8 Å². The quantitative estimate of drug-likeness (QED) is 0.206. The largest absolute Gasteiger partial charge is 0.465 e. The Hall–Kier alpha value is -2.58. The molecule has 0 saturated carbocycles. The second-order valence-electron chi connectivity index (χ2n) is 10.9. The summed E-state index contributed by atoms with van der Waals surface area (Å²) in [5, 5.41) is 9.14. The molecular weight excluding hydrogens is 512 g/mol. The van der Waals surface area contributed by atoms with Crippen LogP contribution in [0.5, 0.6) is 0 Å². The number of ether oxygens (including phenoxy) is 1. The Balaban J connectivity index is 1.71. The van der Waals surface area contributed by atoms with Gasteiger partial charge in [0, 0.05) is 30.6 Å². The smallest absolute Gasteiger partial charge is 0.310 e. The van der Waals surface area contributed by atoms with Crippen LogP contribution in [0.25, 0.3) is 0 Å². The summed E-state index contributed by atoms with van der Waals surface area (Å²) in [7, 11) is 0. The van der Waals surface area contributed by atoms with Gasteiger partial charge in [0.05, 0.1) is 23.2 Å². The number of carbonyl (C=O) groups excluding carboxylic acids is 3. The summed E-state index contributed by atoms with van der Waals surface area (Å²) in [5.74, 6) is -1.64. The van der Waals surface area contributed by atoms with Crippen LogP contribution in [0.4, 0.5) is 5.69 Å². The minimum Gasteiger partial charge on any atom is -0.465 e. The second-order valence-corrected chi connectivity index (χ2v) is 12.5. The molecule has 3 fully saturated rings. The maximum Gasteiger partial charge on any atom is 0.310 e. The van der Waals surface area contributed by atoms with Crippen LogP contribution in [-0.2, 0) is 19.1 Å². The minimum atomic E-state index is -0.659. The monoisotopic (exact) mass is 554 g/mol. The third-order valence-corrected chi connectivity index (χ3v) is 10.4. The topological polar surface area (TPSA) is 87.1 Å². The predicted octanol–water partition coefficient (Wildman–Crippen LogP) is 4.59. The Kier molecular flexibility index (Phi) is 9.60. The number of nitrogens with zero attached hydrogens (tertiary/aromatic N) is 2. The lowest BCUT2D eigenvalue weighted by atomic mass is 9.71. The standard InChI is InChI=1S/C31H42N2O5S/c1-5-7-20-38-30(37)24-23-15-16-31(39-23)25(24)28(35)33(18-10-8-9-11-19-34)27(31)29(36)32(17-6-2)26-21(3)13-12-14-22(26)4/h5-6,12-14,23-25,27,34H,1-2,7-11,15-20H2,3-4H3/t23-,24+,25+,27?,31?/m1/s1. The average molecular weight is 555 g/mol. The summed E-state index contributed by atoms with van der Waals surface area (Å²) in [4.78, 5) is 45.7. The van der Waals surface area contributed by atoms with E-state index in [-0.39, 0.29) is 36.2 Å². The van der Waals surface area contributed by atoms with E-state index in [9.17, 15) is 14.4 Å². The Bertz CT molecular complexity index is 1090. The van der Waals surface area contributed by atoms with E-state index in [1.54, 1.807) is 33.7 Å². The predicted molar refractivity (Wildman–Crippen MR) is 156 cm³/mol. The molecule has 0 radical (unpaired) electrons. The Morgan fingerprint density at radius 1 is 1.18 bits per heavy atom. The van der Waals surface area contributed by atoms with Gasteiger partial charge in [0.2, 0.25) is 5.91 Å². The first-order valence-corrected chi connectivity index (χ1v) is 15.1. The fourth-order valence-corrected chi connectivity index (χ4v) is 9.03. The summed E-state index contributed by atoms with van der Waals surface area (Å²) in [6, 6.07) is 5.31. The van der Waals surface area contributed by atoms with Crippen LogP contribution in [0.15, 0.2) is 43.5 Å². The molecule has 1 N–H and O–H groups in total. The van der Waals surface area contributed by atoms with E-state index >= 15 is 0 Å². The van der Waals surface area contributed by atoms with Crippen molar-refractivity contribution in [1.82, 2.24) is 4.90 Å². The molecule has 8 heteroatoms. The molecule has 39 heavy (non-hydrogen) atoms. The highest BCUT2D eigenvalue weighted by Crippen LogP contribution is 2.66. The van der Waals surface area contributed by atoms with Gasteiger partial charge in [0.1, 0.15) is 6.04 Å². The van der Waals surface area contributed by atoms with Crippen LogP contribution in [0.1, 0.15) is 56.1 Å². The van der Waals surface area contributed by atoms with Gasteiger partial charge >= 0.3 is 5.97 Å². The summed E-state index contributed by atoms with van der Waals surface area (Å²) in [6.07, 6.45) is 8.70. The molecule has 4 rings (SSSR count). The molecule has 3 saturated heterocycles. The van der Waals surface area contributed by atoms with Crippen molar-refractivity contribution in [1.29, 1.82) is 0 Å². The van der Waals surface area contributed by atoms with Crippen LogP contribution >= 0.6 is 11.8 Å². The number of aryl methyl sites for hydroxylation is 2. The molecule has 3 aliphatic heterocycles. The van der Waals surface area contributed by atoms with Crippen molar-refractivity contribution in [3.05, 3.63) is 54.6 Å². The number of thioether (sulfide) groups is 1. The van der Waals surface area contributed by atoms with Crippen LogP contribution in [0, 0.1) is 25.7 Å². The molecule has 2 bridgehead atoms. The molecule has 1 aromatic carbocycles. The van der Waals surface area contributed by atoms with Gasteiger partial charge in [-0.25, -0.2) is 0 Å². The highest BCUT2D eigenvalue weighted by Gasteiger charge is 2.74. The summed E-state index contributed by atoms with van der Waals surface area (Å²) in [6.45, 7) is 12.8. The minimum absolute atomic E-state index is 0.0229. The highest BCUT2D eigenvalue weighted by atomic mass is 32.2. The van der Waals surface area contributed by atoms with E-state index in [0.717, 1.165) is 55.3 Å². The Morgan fingerprint density at radius 3 is 2.56 bits per heavy atom. The zero-order valence-electron chi connectivity index (χ0n) is 23.3. The summed E-state index contributed by atoms with van der Waals surface area (Å²) >= 11 is 1.67. The second kappa shape index (κ2) is 12.7. The molecular formula is C31H42N2O5S. The van der Waals surface area contributed by atoms with Crippen molar-refractivity contribution in [2.24, 2.45) is 11.8 Å². The number of esters is 1. The molecule has 0 aliphatic carbocycles. The number of aliphatic hydroxyl groups is 1. The average Bonchev–Trinajstić information content (AvgIpc) is 3.55. The lowest BCUT2D eigenvalue weighted by Crippen LogP contribution is -2.55. The lowest BCUT2D eigenvalue weighted by molar-refractivity contribution is -0.154. The fourth-order valence-electron chi connectivity index (χ4n) is 6.83.